The molecule has 20 nitrogen and oxygen atoms in total. The number of hydrogen-bond acceptors (Lipinski definition) is 14. The summed E-state index contributed by atoms with van der Waals surface area (Å²) in [4.78, 5) is 30.0. The first kappa shape index (κ1) is 38.3. The van der Waals surface area contributed by atoms with Crippen LogP contribution in [0.15, 0.2) is 92.4 Å². The summed E-state index contributed by atoms with van der Waals surface area (Å²) in [6.45, 7) is 0. The standard InChI is InChI=1S/C32H18N8O12S4.Ni/c41-53(42,43)17-9-1-5-13-21(17)29-33-25(13)37-30-22-14(6-2-10-18(22)54(44,45)46)27(34-30)39-32-24-16(8-4-12-20(24)56(50,51)52)28(36-32)40-31-23-15(26(35-31)38-29)7-3-11-19(23)55(47,48)49;/h1-12H,(H,41,42,43)(H,44,45,46)(H,47,48,49)(H,50,51,52)(H2,33,34,35,36,37,38,39,40);/q;+2. The van der Waals surface area contributed by atoms with Crippen LogP contribution in [0.1, 0.15) is 0 Å². The van der Waals surface area contributed by atoms with E-state index in [0.29, 0.717) is 0 Å². The van der Waals surface area contributed by atoms with Crippen molar-refractivity contribution in [3.63, 3.8) is 0 Å². The normalized spacial score (nSPS) is 13.0. The molecule has 0 aliphatic carbocycles. The maximum absolute atomic E-state index is 12.7. The minimum Gasteiger partial charge on any atom is -0.324 e. The summed E-state index contributed by atoms with van der Waals surface area (Å²) in [7, 11) is -19.9. The van der Waals surface area contributed by atoms with Gasteiger partial charge in [-0.1, -0.05) is 48.5 Å². The number of aromatic amines is 2. The topological polar surface area (TPSA) is 326 Å². The van der Waals surface area contributed by atoms with Gasteiger partial charge in [-0.2, -0.15) is 33.7 Å². The largest absolute Gasteiger partial charge is 2.00 e. The first-order chi connectivity index (χ1) is 26.3. The molecule has 6 N–H and O–H groups in total. The van der Waals surface area contributed by atoms with E-state index in [9.17, 15) is 51.9 Å². The van der Waals surface area contributed by atoms with Crippen molar-refractivity contribution in [3.05, 3.63) is 72.8 Å². The van der Waals surface area contributed by atoms with Crippen molar-refractivity contribution in [2.75, 3.05) is 0 Å². The monoisotopic (exact) mass is 892 g/mol. The van der Waals surface area contributed by atoms with Gasteiger partial charge in [0, 0.05) is 32.7 Å². The summed E-state index contributed by atoms with van der Waals surface area (Å²) in [6.07, 6.45) is 0. The first-order valence-corrected chi connectivity index (χ1v) is 21.3. The minimum atomic E-state index is -4.97. The predicted octanol–water partition coefficient (Wildman–Crippen LogP) is 3.85. The van der Waals surface area contributed by atoms with E-state index < -0.39 is 71.7 Å². The van der Waals surface area contributed by atoms with Crippen molar-refractivity contribution >= 4 is 84.6 Å². The number of nitrogens with zero attached hydrogens (tertiary/aromatic N) is 6. The van der Waals surface area contributed by atoms with E-state index in [2.05, 4.69) is 39.9 Å². The third-order valence-corrected chi connectivity index (χ3v) is 12.5. The molecule has 2 aliphatic rings. The quantitative estimate of drug-likeness (QED) is 0.108. The Bertz CT molecular complexity index is 3380. The van der Waals surface area contributed by atoms with Crippen LogP contribution in [0, 0.1) is 0 Å². The van der Waals surface area contributed by atoms with Gasteiger partial charge < -0.3 is 9.97 Å². The van der Waals surface area contributed by atoms with Gasteiger partial charge in [-0.3, -0.25) is 18.2 Å². The molecule has 0 atom stereocenters. The molecule has 4 aromatic carbocycles. The Kier molecular flexibility index (Phi) is 8.52. The van der Waals surface area contributed by atoms with Gasteiger partial charge >= 0.3 is 16.5 Å². The second kappa shape index (κ2) is 12.7. The first-order valence-electron chi connectivity index (χ1n) is 15.5. The van der Waals surface area contributed by atoms with Crippen molar-refractivity contribution in [1.82, 2.24) is 39.9 Å². The number of nitrogens with one attached hydrogen (secondary N) is 2. The second-order valence-electron chi connectivity index (χ2n) is 12.2. The molecule has 7 aromatic rings. The van der Waals surface area contributed by atoms with Crippen molar-refractivity contribution in [1.29, 1.82) is 0 Å². The molecule has 0 fully saturated rings. The Morgan fingerprint density at radius 2 is 0.702 bits per heavy atom. The molecule has 0 amide bonds. The van der Waals surface area contributed by atoms with Crippen molar-refractivity contribution < 1.29 is 68.4 Å². The molecule has 0 unspecified atom stereocenters. The molecule has 290 valence electrons. The van der Waals surface area contributed by atoms with Crippen molar-refractivity contribution in [2.45, 2.75) is 19.6 Å². The summed E-state index contributed by atoms with van der Waals surface area (Å²) < 4.78 is 142. The summed E-state index contributed by atoms with van der Waals surface area (Å²) in [5.74, 6) is -1.36. The Morgan fingerprint density at radius 3 is 1.05 bits per heavy atom. The summed E-state index contributed by atoms with van der Waals surface area (Å²) in [5, 5.41) is -0.462. The van der Waals surface area contributed by atoms with E-state index in [1.807, 2.05) is 0 Å². The van der Waals surface area contributed by atoms with Gasteiger partial charge in [0.05, 0.1) is 11.1 Å². The molecule has 8 bridgehead atoms. The van der Waals surface area contributed by atoms with Crippen LogP contribution in [0.2, 0.25) is 0 Å². The number of fused-ring (bicyclic) bond motifs is 20. The molecule has 9 rings (SSSR count). The van der Waals surface area contributed by atoms with Crippen LogP contribution in [0.25, 0.3) is 89.7 Å². The number of aromatic nitrogens is 8. The summed E-state index contributed by atoms with van der Waals surface area (Å²) in [6, 6.07) is 14.9. The Labute approximate surface area is 329 Å². The molecule has 3 aromatic heterocycles. The molecule has 0 spiro atoms. The molecule has 0 saturated carbocycles. The average molecular weight is 894 g/mol. The molecular formula is C32H18N8NiO12S4+2. The molecule has 5 heterocycles. The zero-order chi connectivity index (χ0) is 39.7. The third-order valence-electron chi connectivity index (χ3n) is 8.90. The van der Waals surface area contributed by atoms with Gasteiger partial charge in [0.2, 0.25) is 0 Å². The van der Waals surface area contributed by atoms with Gasteiger partial charge in [-0.05, 0) is 24.3 Å². The fourth-order valence-electron chi connectivity index (χ4n) is 6.72. The second-order valence-corrected chi connectivity index (χ2v) is 17.8. The molecule has 57 heavy (non-hydrogen) atoms. The number of hydrogen-bond donors (Lipinski definition) is 6. The predicted molar refractivity (Wildman–Crippen MR) is 195 cm³/mol. The van der Waals surface area contributed by atoms with Crippen LogP contribution in [0.5, 0.6) is 0 Å². The fourth-order valence-corrected chi connectivity index (χ4v) is 9.57. The van der Waals surface area contributed by atoms with Gasteiger partial charge in [-0.15, -0.1) is 0 Å². The van der Waals surface area contributed by atoms with E-state index in [1.165, 1.54) is 48.5 Å². The van der Waals surface area contributed by atoms with E-state index in [4.69, 9.17) is 0 Å². The van der Waals surface area contributed by atoms with Gasteiger partial charge in [0.25, 0.3) is 40.5 Å². The molecular weight excluding hydrogens is 875 g/mol. The van der Waals surface area contributed by atoms with Crippen LogP contribution >= 0.6 is 0 Å². The summed E-state index contributed by atoms with van der Waals surface area (Å²) >= 11 is 0. The fraction of sp³-hybridized carbons (Fsp3) is 0. The van der Waals surface area contributed by atoms with E-state index in [-0.39, 0.29) is 94.5 Å². The smallest absolute Gasteiger partial charge is 0.324 e. The van der Waals surface area contributed by atoms with Gasteiger partial charge in [-0.25, -0.2) is 29.9 Å². The minimum absolute atomic E-state index is 0. The number of H-pyrrole nitrogens is 2. The van der Waals surface area contributed by atoms with Crippen LogP contribution in [-0.2, 0) is 57.0 Å². The van der Waals surface area contributed by atoms with Gasteiger partial charge in [0.1, 0.15) is 42.2 Å². The van der Waals surface area contributed by atoms with E-state index >= 15 is 0 Å². The Hall–Kier alpha value is -5.63. The van der Waals surface area contributed by atoms with E-state index in [0.717, 1.165) is 24.3 Å². The molecule has 0 radical (unpaired) electrons. The van der Waals surface area contributed by atoms with Crippen LogP contribution in [-0.4, -0.2) is 91.8 Å². The zero-order valence-electron chi connectivity index (χ0n) is 27.6. The van der Waals surface area contributed by atoms with Crippen LogP contribution < -0.4 is 0 Å². The van der Waals surface area contributed by atoms with E-state index in [1.54, 1.807) is 0 Å². The third kappa shape index (κ3) is 6.16. The van der Waals surface area contributed by atoms with Crippen molar-refractivity contribution in [2.24, 2.45) is 0 Å². The zero-order valence-corrected chi connectivity index (χ0v) is 31.9. The van der Waals surface area contributed by atoms with Gasteiger partial charge in [0.15, 0.2) is 23.3 Å². The molecule has 0 saturated heterocycles. The van der Waals surface area contributed by atoms with Crippen LogP contribution in [0.3, 0.4) is 0 Å². The Balaban J connectivity index is 0.00000455. The summed E-state index contributed by atoms with van der Waals surface area (Å²) in [5.41, 5.74) is -1.58. The Morgan fingerprint density at radius 1 is 0.386 bits per heavy atom. The number of rotatable bonds is 4. The maximum atomic E-state index is 12.7. The van der Waals surface area contributed by atoms with Crippen LogP contribution in [0.4, 0.5) is 0 Å². The maximum Gasteiger partial charge on any atom is 2.00 e. The van der Waals surface area contributed by atoms with Crippen molar-refractivity contribution in [3.8, 4) is 45.6 Å². The SMILES string of the molecule is O=S(=O)(O)c1cccc2c1-c1nc-2nc2[nH]c(nc3nc(nc4[nH]c(n1)c1cccc(S(=O)(=O)O)c41)-c1cccc(S(=O)(=O)O)c1-3)c1cccc(S(=O)(=O)O)c21.[Ni+2]. The number of benzene rings is 4. The molecule has 2 aliphatic heterocycles. The molecule has 25 heteroatoms. The average Bonchev–Trinajstić information content (AvgIpc) is 3.85.